The molecule has 2 N–H and O–H groups in total. The van der Waals surface area contributed by atoms with Crippen molar-refractivity contribution in [3.05, 3.63) is 60.0 Å². The summed E-state index contributed by atoms with van der Waals surface area (Å²) >= 11 is 0. The van der Waals surface area contributed by atoms with Crippen LogP contribution in [0.5, 0.6) is 0 Å². The second-order valence-corrected chi connectivity index (χ2v) is 7.20. The third-order valence-corrected chi connectivity index (χ3v) is 5.20. The Morgan fingerprint density at radius 2 is 2.03 bits per heavy atom. The van der Waals surface area contributed by atoms with Gasteiger partial charge >= 0.3 is 12.0 Å². The van der Waals surface area contributed by atoms with Crippen molar-refractivity contribution in [2.24, 2.45) is 5.73 Å². The highest BCUT2D eigenvalue weighted by Gasteiger charge is 2.45. The van der Waals surface area contributed by atoms with Crippen LogP contribution in [0.15, 0.2) is 36.9 Å². The van der Waals surface area contributed by atoms with Crippen molar-refractivity contribution in [2.45, 2.75) is 31.5 Å². The fraction of sp³-hybridized carbons (Fsp3) is 0.300. The van der Waals surface area contributed by atoms with E-state index in [1.165, 1.54) is 29.6 Å². The molecule has 2 atom stereocenters. The molecule has 0 saturated carbocycles. The Morgan fingerprint density at radius 1 is 1.22 bits per heavy atom. The van der Waals surface area contributed by atoms with Gasteiger partial charge in [0, 0.05) is 24.9 Å². The first kappa shape index (κ1) is 21.3. The number of ether oxygens (including phenoxy) is 1. The molecule has 2 aromatic heterocycles. The summed E-state index contributed by atoms with van der Waals surface area (Å²) in [7, 11) is 0. The molecule has 0 radical (unpaired) electrons. The molecule has 2 unspecified atom stereocenters. The van der Waals surface area contributed by atoms with E-state index in [2.05, 4.69) is 15.0 Å². The normalized spacial score (nSPS) is 20.8. The van der Waals surface area contributed by atoms with Crippen molar-refractivity contribution in [1.29, 1.82) is 0 Å². The maximum Gasteiger partial charge on any atom is 0.360 e. The van der Waals surface area contributed by atoms with Gasteiger partial charge in [0.15, 0.2) is 17.7 Å². The number of fused-ring (bicyclic) bond motifs is 1. The number of rotatable bonds is 3. The van der Waals surface area contributed by atoms with E-state index < -0.39 is 47.5 Å². The van der Waals surface area contributed by atoms with Crippen LogP contribution in [0.3, 0.4) is 0 Å². The maximum atomic E-state index is 14.0. The van der Waals surface area contributed by atoms with Gasteiger partial charge in [0.05, 0.1) is 17.6 Å². The van der Waals surface area contributed by atoms with Gasteiger partial charge in [0.2, 0.25) is 0 Å². The molecule has 12 heteroatoms. The Hall–Kier alpha value is -3.96. The Morgan fingerprint density at radius 3 is 2.72 bits per heavy atom. The van der Waals surface area contributed by atoms with Crippen molar-refractivity contribution < 1.29 is 27.9 Å². The molecule has 0 bridgehead atoms. The van der Waals surface area contributed by atoms with E-state index >= 15 is 0 Å². The van der Waals surface area contributed by atoms with E-state index in [4.69, 9.17) is 10.5 Å². The van der Waals surface area contributed by atoms with E-state index in [0.717, 1.165) is 4.90 Å². The van der Waals surface area contributed by atoms with Crippen LogP contribution in [0.25, 0.3) is 5.70 Å². The lowest BCUT2D eigenvalue weighted by Gasteiger charge is -2.44. The number of esters is 1. The molecule has 10 nitrogen and oxygen atoms in total. The topological polar surface area (TPSA) is 132 Å². The summed E-state index contributed by atoms with van der Waals surface area (Å²) in [4.78, 5) is 51.9. The van der Waals surface area contributed by atoms with Crippen LogP contribution in [-0.4, -0.2) is 61.5 Å². The van der Waals surface area contributed by atoms with E-state index in [1.54, 1.807) is 0 Å². The lowest BCUT2D eigenvalue weighted by Crippen LogP contribution is -2.61. The average Bonchev–Trinajstić information content (AvgIpc) is 2.97. The fourth-order valence-electron chi connectivity index (χ4n) is 3.83. The minimum Gasteiger partial charge on any atom is -0.453 e. The predicted molar refractivity (Wildman–Crippen MR) is 104 cm³/mol. The highest BCUT2D eigenvalue weighted by Crippen LogP contribution is 2.33. The Kier molecular flexibility index (Phi) is 5.75. The van der Waals surface area contributed by atoms with Gasteiger partial charge in [-0.2, -0.15) is 0 Å². The SMILES string of the molecule is NC(=O)N1C(c2ccncn2)=CC(=O)N2CCCCC(OC(=O)c3ncc(F)cc3F)C21. The van der Waals surface area contributed by atoms with E-state index in [0.29, 0.717) is 25.1 Å². The predicted octanol–water partition coefficient (Wildman–Crippen LogP) is 1.45. The molecular formula is C20H18F2N6O4. The van der Waals surface area contributed by atoms with Gasteiger partial charge in [-0.25, -0.2) is 33.3 Å². The first-order valence-electron chi connectivity index (χ1n) is 9.76. The number of carbonyl (C=O) groups is 3. The maximum absolute atomic E-state index is 14.0. The summed E-state index contributed by atoms with van der Waals surface area (Å²) in [6.07, 6.45) is 3.90. The van der Waals surface area contributed by atoms with Gasteiger partial charge in [-0.05, 0) is 25.3 Å². The molecule has 0 aromatic carbocycles. The molecule has 166 valence electrons. The van der Waals surface area contributed by atoms with Crippen LogP contribution in [-0.2, 0) is 9.53 Å². The fourth-order valence-corrected chi connectivity index (χ4v) is 3.83. The molecule has 4 rings (SSSR count). The number of primary amides is 1. The van der Waals surface area contributed by atoms with Crippen molar-refractivity contribution >= 4 is 23.6 Å². The van der Waals surface area contributed by atoms with Crippen molar-refractivity contribution in [3.8, 4) is 0 Å². The van der Waals surface area contributed by atoms with Crippen molar-refractivity contribution in [3.63, 3.8) is 0 Å². The summed E-state index contributed by atoms with van der Waals surface area (Å²) in [6.45, 7) is 0.290. The minimum absolute atomic E-state index is 0.125. The van der Waals surface area contributed by atoms with Crippen molar-refractivity contribution in [1.82, 2.24) is 24.8 Å². The van der Waals surface area contributed by atoms with Crippen molar-refractivity contribution in [2.75, 3.05) is 6.54 Å². The number of hydrogen-bond donors (Lipinski definition) is 1. The molecular weight excluding hydrogens is 426 g/mol. The zero-order chi connectivity index (χ0) is 22.8. The number of nitrogens with two attached hydrogens (primary N) is 1. The summed E-state index contributed by atoms with van der Waals surface area (Å²) in [5.41, 5.74) is 5.34. The molecule has 2 aliphatic heterocycles. The molecule has 3 amide bonds. The number of urea groups is 1. The second-order valence-electron chi connectivity index (χ2n) is 7.20. The monoisotopic (exact) mass is 444 g/mol. The third kappa shape index (κ3) is 3.98. The molecule has 32 heavy (non-hydrogen) atoms. The Labute approximate surface area is 180 Å². The average molecular weight is 444 g/mol. The van der Waals surface area contributed by atoms with Crippen LogP contribution in [0, 0.1) is 11.6 Å². The molecule has 0 aliphatic carbocycles. The van der Waals surface area contributed by atoms with Crippen LogP contribution < -0.4 is 5.73 Å². The zero-order valence-electron chi connectivity index (χ0n) is 16.6. The first-order valence-corrected chi connectivity index (χ1v) is 9.76. The minimum atomic E-state index is -1.19. The van der Waals surface area contributed by atoms with Gasteiger partial charge in [-0.15, -0.1) is 0 Å². The van der Waals surface area contributed by atoms with Gasteiger partial charge in [0.1, 0.15) is 18.2 Å². The number of carbonyl (C=O) groups excluding carboxylic acids is 3. The number of hydrogen-bond acceptors (Lipinski definition) is 7. The second kappa shape index (κ2) is 8.65. The van der Waals surface area contributed by atoms with Crippen LogP contribution in [0.4, 0.5) is 13.6 Å². The summed E-state index contributed by atoms with van der Waals surface area (Å²) in [5, 5.41) is 0. The molecule has 1 fully saturated rings. The number of nitrogens with zero attached hydrogens (tertiary/aromatic N) is 5. The highest BCUT2D eigenvalue weighted by molar-refractivity contribution is 6.00. The quantitative estimate of drug-likeness (QED) is 0.709. The zero-order valence-corrected chi connectivity index (χ0v) is 16.6. The molecule has 2 aliphatic rings. The van der Waals surface area contributed by atoms with Gasteiger partial charge in [0.25, 0.3) is 5.91 Å². The summed E-state index contributed by atoms with van der Waals surface area (Å²) < 4.78 is 32.7. The van der Waals surface area contributed by atoms with E-state index in [1.807, 2.05) is 0 Å². The van der Waals surface area contributed by atoms with Crippen LogP contribution in [0.1, 0.15) is 35.4 Å². The molecule has 4 heterocycles. The number of aromatic nitrogens is 3. The number of halogens is 2. The van der Waals surface area contributed by atoms with E-state index in [-0.39, 0.29) is 24.4 Å². The van der Waals surface area contributed by atoms with Gasteiger partial charge in [-0.3, -0.25) is 9.69 Å². The Bertz CT molecular complexity index is 1100. The first-order chi connectivity index (χ1) is 15.4. The third-order valence-electron chi connectivity index (χ3n) is 5.20. The number of amides is 3. The number of pyridine rings is 1. The molecule has 2 aromatic rings. The van der Waals surface area contributed by atoms with Crippen LogP contribution >= 0.6 is 0 Å². The molecule has 1 saturated heterocycles. The lowest BCUT2D eigenvalue weighted by atomic mass is 10.1. The van der Waals surface area contributed by atoms with Gasteiger partial charge < -0.3 is 15.4 Å². The van der Waals surface area contributed by atoms with Gasteiger partial charge in [-0.1, -0.05) is 0 Å². The largest absolute Gasteiger partial charge is 0.453 e. The molecule has 0 spiro atoms. The Balaban J connectivity index is 1.72. The highest BCUT2D eigenvalue weighted by atomic mass is 19.1. The smallest absolute Gasteiger partial charge is 0.360 e. The standard InChI is InChI=1S/C20H18F2N6O4/c21-11-7-12(22)17(25-9-11)19(30)32-15-3-1-2-6-27-16(29)8-14(13-4-5-24-10-26-13)28(18(15)27)20(23)31/h4-5,7-10,15,18H,1-3,6H2,(H2,23,31). The summed E-state index contributed by atoms with van der Waals surface area (Å²) in [5.74, 6) is -3.70. The van der Waals surface area contributed by atoms with Crippen LogP contribution in [0.2, 0.25) is 0 Å². The van der Waals surface area contributed by atoms with E-state index in [9.17, 15) is 23.2 Å². The lowest BCUT2D eigenvalue weighted by molar-refractivity contribution is -0.135. The summed E-state index contributed by atoms with van der Waals surface area (Å²) in [6, 6.07) is 1.12.